The Balaban J connectivity index is 1.23. The summed E-state index contributed by atoms with van der Waals surface area (Å²) in [4.78, 5) is 0. The smallest absolute Gasteiger partial charge is 0.113 e. The van der Waals surface area contributed by atoms with Crippen molar-refractivity contribution in [2.45, 2.75) is 24.4 Å². The van der Waals surface area contributed by atoms with Crippen LogP contribution in [0.25, 0.3) is 0 Å². The van der Waals surface area contributed by atoms with E-state index in [0.717, 1.165) is 21.2 Å². The van der Waals surface area contributed by atoms with Crippen LogP contribution in [0.15, 0.2) is 48.5 Å². The summed E-state index contributed by atoms with van der Waals surface area (Å²) >= 11 is 12.3. The zero-order chi connectivity index (χ0) is 15.8. The first kappa shape index (κ1) is 15.4. The zero-order valence-corrected chi connectivity index (χ0v) is 13.8. The van der Waals surface area contributed by atoms with Crippen LogP contribution >= 0.6 is 23.2 Å². The van der Waals surface area contributed by atoms with E-state index in [9.17, 15) is 0 Å². The maximum Gasteiger partial charge on any atom is 0.113 e. The first-order valence-corrected chi connectivity index (χ1v) is 8.37. The van der Waals surface area contributed by atoms with Crippen LogP contribution in [0, 0.1) is 0 Å². The van der Waals surface area contributed by atoms with Gasteiger partial charge in [0.1, 0.15) is 24.4 Å². The van der Waals surface area contributed by atoms with Crippen LogP contribution in [-0.4, -0.2) is 25.4 Å². The van der Waals surface area contributed by atoms with Crippen molar-refractivity contribution in [2.24, 2.45) is 0 Å². The molecule has 0 saturated carbocycles. The van der Waals surface area contributed by atoms with Crippen molar-refractivity contribution < 1.29 is 14.2 Å². The van der Waals surface area contributed by atoms with E-state index in [1.807, 2.05) is 48.5 Å². The third-order valence-corrected chi connectivity index (χ3v) is 4.84. The number of ether oxygens (including phenoxy) is 3. The Morgan fingerprint density at radius 2 is 1.17 bits per heavy atom. The molecule has 0 N–H and O–H groups in total. The zero-order valence-electron chi connectivity index (χ0n) is 12.3. The summed E-state index contributed by atoms with van der Waals surface area (Å²) in [6.07, 6.45) is 0.242. The molecule has 0 radical (unpaired) electrons. The van der Waals surface area contributed by atoms with Gasteiger partial charge in [0.15, 0.2) is 0 Å². The van der Waals surface area contributed by atoms with Gasteiger partial charge in [0.05, 0.1) is 13.2 Å². The van der Waals surface area contributed by atoms with Crippen LogP contribution in [0.4, 0.5) is 0 Å². The van der Waals surface area contributed by atoms with Gasteiger partial charge in [0, 0.05) is 21.2 Å². The van der Waals surface area contributed by atoms with Gasteiger partial charge in [-0.2, -0.15) is 0 Å². The summed E-state index contributed by atoms with van der Waals surface area (Å²) in [5.41, 5.74) is 2.05. The highest BCUT2D eigenvalue weighted by molar-refractivity contribution is 6.31. The van der Waals surface area contributed by atoms with Crippen LogP contribution in [-0.2, 0) is 14.2 Å². The number of epoxide rings is 2. The lowest BCUT2D eigenvalue weighted by Crippen LogP contribution is -2.08. The van der Waals surface area contributed by atoms with Gasteiger partial charge in [-0.15, -0.1) is 0 Å². The molecule has 5 heteroatoms. The summed E-state index contributed by atoms with van der Waals surface area (Å²) in [5, 5.41) is 1.48. The molecule has 0 spiro atoms. The SMILES string of the molecule is Clc1ccccc1C1OC1COCC1OC1c1ccccc1Cl. The van der Waals surface area contributed by atoms with Gasteiger partial charge in [0.25, 0.3) is 0 Å². The second kappa shape index (κ2) is 6.42. The van der Waals surface area contributed by atoms with Crippen molar-refractivity contribution in [1.29, 1.82) is 0 Å². The van der Waals surface area contributed by atoms with E-state index in [2.05, 4.69) is 0 Å². The minimum absolute atomic E-state index is 0.0446. The Morgan fingerprint density at radius 3 is 1.61 bits per heavy atom. The quantitative estimate of drug-likeness (QED) is 0.714. The van der Waals surface area contributed by atoms with E-state index in [1.54, 1.807) is 0 Å². The normalized spacial score (nSPS) is 28.6. The van der Waals surface area contributed by atoms with Crippen molar-refractivity contribution in [3.05, 3.63) is 69.7 Å². The molecule has 0 aliphatic carbocycles. The molecule has 3 nitrogen and oxygen atoms in total. The molecule has 23 heavy (non-hydrogen) atoms. The molecule has 2 aliphatic heterocycles. The Kier molecular flexibility index (Phi) is 4.31. The van der Waals surface area contributed by atoms with Crippen molar-refractivity contribution in [2.75, 3.05) is 13.2 Å². The molecule has 2 heterocycles. The Bertz CT molecular complexity index is 647. The molecule has 4 rings (SSSR count). The topological polar surface area (TPSA) is 34.3 Å². The minimum Gasteiger partial charge on any atom is -0.376 e. The van der Waals surface area contributed by atoms with E-state index >= 15 is 0 Å². The lowest BCUT2D eigenvalue weighted by molar-refractivity contribution is 0.102. The van der Waals surface area contributed by atoms with Gasteiger partial charge in [0.2, 0.25) is 0 Å². The molecular formula is C18H16Cl2O3. The molecule has 2 aliphatic rings. The van der Waals surface area contributed by atoms with E-state index in [0.29, 0.717) is 13.2 Å². The van der Waals surface area contributed by atoms with Gasteiger partial charge in [-0.05, 0) is 12.1 Å². The predicted molar refractivity (Wildman–Crippen MR) is 89.0 cm³/mol. The van der Waals surface area contributed by atoms with Crippen LogP contribution in [0.5, 0.6) is 0 Å². The van der Waals surface area contributed by atoms with Gasteiger partial charge < -0.3 is 14.2 Å². The third-order valence-electron chi connectivity index (χ3n) is 4.15. The van der Waals surface area contributed by atoms with Crippen molar-refractivity contribution >= 4 is 23.2 Å². The molecule has 2 aromatic rings. The fourth-order valence-electron chi connectivity index (χ4n) is 2.80. The minimum atomic E-state index is 0.0446. The second-order valence-electron chi connectivity index (χ2n) is 5.77. The Labute approximate surface area is 145 Å². The number of hydrogen-bond acceptors (Lipinski definition) is 3. The third kappa shape index (κ3) is 3.39. The fourth-order valence-corrected chi connectivity index (χ4v) is 3.28. The van der Waals surface area contributed by atoms with Gasteiger partial charge in [-0.1, -0.05) is 59.6 Å². The monoisotopic (exact) mass is 350 g/mol. The number of halogens is 2. The molecule has 0 amide bonds. The summed E-state index contributed by atoms with van der Waals surface area (Å²) in [7, 11) is 0. The van der Waals surface area contributed by atoms with Gasteiger partial charge >= 0.3 is 0 Å². The van der Waals surface area contributed by atoms with Crippen molar-refractivity contribution in [1.82, 2.24) is 0 Å². The van der Waals surface area contributed by atoms with E-state index in [1.165, 1.54) is 0 Å². The summed E-state index contributed by atoms with van der Waals surface area (Å²) < 4.78 is 17.0. The van der Waals surface area contributed by atoms with Crippen LogP contribution in [0.2, 0.25) is 10.0 Å². The average molecular weight is 351 g/mol. The highest BCUT2D eigenvalue weighted by atomic mass is 35.5. The molecule has 120 valence electrons. The van der Waals surface area contributed by atoms with Crippen LogP contribution in [0.3, 0.4) is 0 Å². The summed E-state index contributed by atoms with van der Waals surface area (Å²) in [6.45, 7) is 1.09. The Morgan fingerprint density at radius 1 is 0.739 bits per heavy atom. The van der Waals surface area contributed by atoms with Gasteiger partial charge in [-0.25, -0.2) is 0 Å². The molecule has 0 bridgehead atoms. The van der Waals surface area contributed by atoms with Crippen molar-refractivity contribution in [3.63, 3.8) is 0 Å². The predicted octanol–water partition coefficient (Wildman–Crippen LogP) is 4.59. The maximum atomic E-state index is 6.17. The highest BCUT2D eigenvalue weighted by Gasteiger charge is 2.44. The molecule has 2 fully saturated rings. The van der Waals surface area contributed by atoms with Gasteiger partial charge in [-0.3, -0.25) is 0 Å². The van der Waals surface area contributed by atoms with Crippen molar-refractivity contribution in [3.8, 4) is 0 Å². The maximum absolute atomic E-state index is 6.17. The average Bonchev–Trinajstić information content (AvgIpc) is 3.45. The van der Waals surface area contributed by atoms with Crippen LogP contribution < -0.4 is 0 Å². The van der Waals surface area contributed by atoms with E-state index < -0.39 is 0 Å². The molecular weight excluding hydrogens is 335 g/mol. The molecule has 0 aromatic heterocycles. The second-order valence-corrected chi connectivity index (χ2v) is 6.59. The highest BCUT2D eigenvalue weighted by Crippen LogP contribution is 2.44. The lowest BCUT2D eigenvalue weighted by Gasteiger charge is -2.01. The molecule has 2 saturated heterocycles. The summed E-state index contributed by atoms with van der Waals surface area (Å²) in [5.74, 6) is 0. The van der Waals surface area contributed by atoms with Crippen LogP contribution in [0.1, 0.15) is 23.3 Å². The van der Waals surface area contributed by atoms with E-state index in [-0.39, 0.29) is 24.4 Å². The standard InChI is InChI=1S/C18H16Cl2O3/c19-13-7-3-1-5-11(13)17-15(22-17)9-21-10-16-18(23-16)12-6-2-4-8-14(12)20/h1-8,15-18H,9-10H2. The molecule has 4 unspecified atom stereocenters. The first-order valence-electron chi connectivity index (χ1n) is 7.61. The Hall–Kier alpha value is -1.10. The fraction of sp³-hybridized carbons (Fsp3) is 0.333. The molecule has 4 atom stereocenters. The number of benzene rings is 2. The lowest BCUT2D eigenvalue weighted by atomic mass is 10.1. The molecule has 2 aromatic carbocycles. The number of hydrogen-bond donors (Lipinski definition) is 0. The van der Waals surface area contributed by atoms with E-state index in [4.69, 9.17) is 37.4 Å². The number of rotatable bonds is 6. The largest absolute Gasteiger partial charge is 0.376 e. The summed E-state index contributed by atoms with van der Waals surface area (Å²) in [6, 6.07) is 15.5. The first-order chi connectivity index (χ1) is 11.2.